The average Bonchev–Trinajstić information content (AvgIpc) is 3.15. The zero-order valence-electron chi connectivity index (χ0n) is 16.3. The van der Waals surface area contributed by atoms with Crippen LogP contribution in [0.4, 0.5) is 5.69 Å². The number of hydrogen-bond acceptors (Lipinski definition) is 4. The van der Waals surface area contributed by atoms with E-state index in [1.54, 1.807) is 31.3 Å². The van der Waals surface area contributed by atoms with Crippen LogP contribution >= 0.6 is 0 Å². The fourth-order valence-corrected chi connectivity index (χ4v) is 4.11. The van der Waals surface area contributed by atoms with Crippen molar-refractivity contribution < 1.29 is 14.3 Å². The second-order valence-electron chi connectivity index (χ2n) is 7.17. The fraction of sp³-hybridized carbons (Fsp3) is 0.167. The van der Waals surface area contributed by atoms with Crippen molar-refractivity contribution in [1.29, 1.82) is 0 Å². The predicted octanol–water partition coefficient (Wildman–Crippen LogP) is 4.83. The van der Waals surface area contributed by atoms with Gasteiger partial charge < -0.3 is 14.4 Å². The maximum absolute atomic E-state index is 13.3. The minimum Gasteiger partial charge on any atom is -0.493 e. The highest BCUT2D eigenvalue weighted by Gasteiger charge is 2.33. The molecule has 0 unspecified atom stereocenters. The molecule has 0 aliphatic carbocycles. The first-order chi connectivity index (χ1) is 14.2. The summed E-state index contributed by atoms with van der Waals surface area (Å²) in [7, 11) is 3.13. The van der Waals surface area contributed by atoms with E-state index in [0.717, 1.165) is 17.6 Å². The van der Waals surface area contributed by atoms with Crippen LogP contribution in [-0.4, -0.2) is 37.3 Å². The van der Waals surface area contributed by atoms with Gasteiger partial charge in [0.25, 0.3) is 5.91 Å². The third-order valence-electron chi connectivity index (χ3n) is 5.57. The Bertz CT molecular complexity index is 1190. The van der Waals surface area contributed by atoms with Gasteiger partial charge in [-0.15, -0.1) is 0 Å². The first-order valence-electron chi connectivity index (χ1n) is 9.51. The lowest BCUT2D eigenvalue weighted by Crippen LogP contribution is -2.32. The molecule has 5 heteroatoms. The number of amides is 1. The Morgan fingerprint density at radius 3 is 2.55 bits per heavy atom. The molecule has 0 radical (unpaired) electrons. The Morgan fingerprint density at radius 1 is 0.966 bits per heavy atom. The molecule has 2 heterocycles. The summed E-state index contributed by atoms with van der Waals surface area (Å²) in [6.45, 7) is 0. The summed E-state index contributed by atoms with van der Waals surface area (Å²) in [6, 6.07) is 17.9. The van der Waals surface area contributed by atoms with E-state index in [4.69, 9.17) is 9.47 Å². The molecule has 5 rings (SSSR count). The third-order valence-corrected chi connectivity index (χ3v) is 5.57. The molecule has 2 aliphatic rings. The molecule has 0 N–H and O–H groups in total. The highest BCUT2D eigenvalue weighted by atomic mass is 16.5. The average molecular weight is 384 g/mol. The van der Waals surface area contributed by atoms with Crippen molar-refractivity contribution in [2.24, 2.45) is 4.99 Å². The van der Waals surface area contributed by atoms with E-state index in [9.17, 15) is 4.79 Å². The molecular weight excluding hydrogens is 364 g/mol. The van der Waals surface area contributed by atoms with Crippen molar-refractivity contribution in [3.05, 3.63) is 71.9 Å². The van der Waals surface area contributed by atoms with Crippen molar-refractivity contribution in [3.8, 4) is 11.5 Å². The SMILES string of the molecule is COc1cc2c(cc1OC)C(=O)N1C=C(c3cccc4ccccc34)C[C@H]1C=N2. The third kappa shape index (κ3) is 2.78. The molecule has 0 saturated carbocycles. The Labute approximate surface area is 168 Å². The van der Waals surface area contributed by atoms with Gasteiger partial charge in [0.1, 0.15) is 0 Å². The van der Waals surface area contributed by atoms with Gasteiger partial charge in [0, 0.05) is 24.9 Å². The van der Waals surface area contributed by atoms with E-state index in [1.807, 2.05) is 24.5 Å². The Kier molecular flexibility index (Phi) is 4.09. The maximum atomic E-state index is 13.3. The quantitative estimate of drug-likeness (QED) is 0.650. The molecule has 1 amide bonds. The smallest absolute Gasteiger partial charge is 0.260 e. The second-order valence-corrected chi connectivity index (χ2v) is 7.17. The molecule has 0 bridgehead atoms. The first kappa shape index (κ1) is 17.5. The van der Waals surface area contributed by atoms with Crippen LogP contribution in [0.5, 0.6) is 11.5 Å². The largest absolute Gasteiger partial charge is 0.493 e. The van der Waals surface area contributed by atoms with Crippen LogP contribution in [0.25, 0.3) is 16.3 Å². The lowest BCUT2D eigenvalue weighted by molar-refractivity contribution is 0.0817. The Morgan fingerprint density at radius 2 is 1.72 bits per heavy atom. The molecule has 3 aromatic carbocycles. The molecule has 2 aliphatic heterocycles. The number of carbonyl (C=O) groups excluding carboxylic acids is 1. The van der Waals surface area contributed by atoms with Crippen LogP contribution in [0.15, 0.2) is 65.8 Å². The minimum atomic E-state index is -0.110. The van der Waals surface area contributed by atoms with Crippen molar-refractivity contribution in [2.45, 2.75) is 12.5 Å². The highest BCUT2D eigenvalue weighted by molar-refractivity contribution is 6.06. The number of ether oxygens (including phenoxy) is 2. The normalized spacial score (nSPS) is 17.6. The molecule has 0 fully saturated rings. The van der Waals surface area contributed by atoms with Gasteiger partial charge in [-0.05, 0) is 28.0 Å². The van der Waals surface area contributed by atoms with Gasteiger partial charge in [-0.3, -0.25) is 9.79 Å². The number of aliphatic imine (C=N–C) groups is 1. The molecule has 0 spiro atoms. The van der Waals surface area contributed by atoms with Crippen molar-refractivity contribution in [1.82, 2.24) is 4.90 Å². The van der Waals surface area contributed by atoms with Gasteiger partial charge in [0.15, 0.2) is 11.5 Å². The van der Waals surface area contributed by atoms with Crippen molar-refractivity contribution in [3.63, 3.8) is 0 Å². The monoisotopic (exact) mass is 384 g/mol. The van der Waals surface area contributed by atoms with Crippen LogP contribution in [0, 0.1) is 0 Å². The number of hydrogen-bond donors (Lipinski definition) is 0. The van der Waals surface area contributed by atoms with Crippen LogP contribution in [-0.2, 0) is 0 Å². The summed E-state index contributed by atoms with van der Waals surface area (Å²) in [5.74, 6) is 0.995. The highest BCUT2D eigenvalue weighted by Crippen LogP contribution is 2.40. The number of nitrogens with zero attached hydrogens (tertiary/aromatic N) is 2. The summed E-state index contributed by atoms with van der Waals surface area (Å²) in [5, 5.41) is 2.38. The number of benzene rings is 3. The summed E-state index contributed by atoms with van der Waals surface area (Å²) < 4.78 is 10.7. The first-order valence-corrected chi connectivity index (χ1v) is 9.51. The number of rotatable bonds is 3. The van der Waals surface area contributed by atoms with E-state index in [-0.39, 0.29) is 11.9 Å². The van der Waals surface area contributed by atoms with Gasteiger partial charge in [-0.1, -0.05) is 42.5 Å². The standard InChI is InChI=1S/C24H20N2O3/c1-28-22-11-20-21(12-23(22)29-2)25-13-17-10-16(14-26(17)24(20)27)19-9-5-7-15-6-3-4-8-18(15)19/h3-9,11-14,17H,10H2,1-2H3/t17-/m0/s1. The van der Waals surface area contributed by atoms with E-state index in [0.29, 0.717) is 22.7 Å². The minimum absolute atomic E-state index is 0.0845. The van der Waals surface area contributed by atoms with Crippen LogP contribution < -0.4 is 9.47 Å². The summed E-state index contributed by atoms with van der Waals surface area (Å²) >= 11 is 0. The van der Waals surface area contributed by atoms with Crippen LogP contribution in [0.3, 0.4) is 0 Å². The molecule has 144 valence electrons. The molecule has 0 aromatic heterocycles. The molecule has 0 saturated heterocycles. The summed E-state index contributed by atoms with van der Waals surface area (Å²) in [4.78, 5) is 19.7. The lowest BCUT2D eigenvalue weighted by Gasteiger charge is -2.18. The van der Waals surface area contributed by atoms with Gasteiger partial charge in [-0.25, -0.2) is 0 Å². The molecule has 3 aromatic rings. The fourth-order valence-electron chi connectivity index (χ4n) is 4.11. The zero-order chi connectivity index (χ0) is 20.0. The van der Waals surface area contributed by atoms with Gasteiger partial charge in [-0.2, -0.15) is 0 Å². The Hall–Kier alpha value is -3.60. The van der Waals surface area contributed by atoms with Gasteiger partial charge in [0.05, 0.1) is 31.5 Å². The molecule has 1 atom stereocenters. The summed E-state index contributed by atoms with van der Waals surface area (Å²) in [5.41, 5.74) is 3.40. The van der Waals surface area contributed by atoms with Crippen molar-refractivity contribution in [2.75, 3.05) is 14.2 Å². The second kappa shape index (κ2) is 6.78. The number of methoxy groups -OCH3 is 2. The topological polar surface area (TPSA) is 51.1 Å². The zero-order valence-corrected chi connectivity index (χ0v) is 16.3. The van der Waals surface area contributed by atoms with E-state index in [2.05, 4.69) is 35.3 Å². The number of carbonyl (C=O) groups is 1. The van der Waals surface area contributed by atoms with E-state index < -0.39 is 0 Å². The number of fused-ring (bicyclic) bond motifs is 3. The molecular formula is C24H20N2O3. The maximum Gasteiger partial charge on any atom is 0.260 e. The van der Waals surface area contributed by atoms with Crippen molar-refractivity contribution >= 4 is 34.2 Å². The molecule has 5 nitrogen and oxygen atoms in total. The van der Waals surface area contributed by atoms with Crippen LogP contribution in [0.1, 0.15) is 22.3 Å². The Balaban J connectivity index is 1.58. The van der Waals surface area contributed by atoms with Gasteiger partial charge in [0.2, 0.25) is 0 Å². The molecule has 29 heavy (non-hydrogen) atoms. The van der Waals surface area contributed by atoms with E-state index >= 15 is 0 Å². The van der Waals surface area contributed by atoms with Gasteiger partial charge >= 0.3 is 0 Å². The lowest BCUT2D eigenvalue weighted by atomic mass is 9.96. The summed E-state index contributed by atoms with van der Waals surface area (Å²) in [6.07, 6.45) is 4.54. The van der Waals surface area contributed by atoms with E-state index in [1.165, 1.54) is 10.8 Å². The predicted molar refractivity (Wildman–Crippen MR) is 114 cm³/mol. The van der Waals surface area contributed by atoms with Crippen LogP contribution in [0.2, 0.25) is 0 Å².